The van der Waals surface area contributed by atoms with Gasteiger partial charge in [0.15, 0.2) is 5.13 Å². The van der Waals surface area contributed by atoms with Crippen molar-refractivity contribution in [2.75, 3.05) is 5.32 Å². The largest absolute Gasteiger partial charge is 0.390 e. The SMILES string of the molecule is CC(=O)Nc1nc(CO)c(Sc2ccncc2)s1. The van der Waals surface area contributed by atoms with Crippen molar-refractivity contribution in [3.63, 3.8) is 0 Å². The van der Waals surface area contributed by atoms with E-state index in [2.05, 4.69) is 15.3 Å². The van der Waals surface area contributed by atoms with Crippen LogP contribution in [0.5, 0.6) is 0 Å². The molecular formula is C11H11N3O2S2. The normalized spacial score (nSPS) is 10.3. The number of pyridine rings is 1. The van der Waals surface area contributed by atoms with E-state index < -0.39 is 0 Å². The third kappa shape index (κ3) is 3.28. The molecule has 2 aromatic heterocycles. The van der Waals surface area contributed by atoms with E-state index in [9.17, 15) is 9.90 Å². The first-order valence-electron chi connectivity index (χ1n) is 5.15. The van der Waals surface area contributed by atoms with E-state index in [1.807, 2.05) is 12.1 Å². The molecule has 0 atom stereocenters. The molecule has 2 aromatic rings. The fourth-order valence-electron chi connectivity index (χ4n) is 1.23. The number of hydrogen-bond donors (Lipinski definition) is 2. The van der Waals surface area contributed by atoms with Gasteiger partial charge in [0.05, 0.1) is 16.5 Å². The Balaban J connectivity index is 2.21. The molecule has 0 saturated carbocycles. The zero-order valence-corrected chi connectivity index (χ0v) is 11.2. The molecule has 94 valence electrons. The Hall–Kier alpha value is -1.44. The lowest BCUT2D eigenvalue weighted by Gasteiger charge is -1.98. The molecule has 0 saturated heterocycles. The van der Waals surface area contributed by atoms with E-state index in [-0.39, 0.29) is 12.5 Å². The van der Waals surface area contributed by atoms with E-state index in [0.29, 0.717) is 10.8 Å². The van der Waals surface area contributed by atoms with Crippen LogP contribution < -0.4 is 5.32 Å². The van der Waals surface area contributed by atoms with Gasteiger partial charge in [0.2, 0.25) is 5.91 Å². The zero-order valence-electron chi connectivity index (χ0n) is 9.58. The van der Waals surface area contributed by atoms with Gasteiger partial charge in [0, 0.05) is 24.2 Å². The highest BCUT2D eigenvalue weighted by atomic mass is 32.2. The molecular weight excluding hydrogens is 270 g/mol. The molecule has 1 amide bonds. The second-order valence-electron chi connectivity index (χ2n) is 3.38. The predicted octanol–water partition coefficient (Wildman–Crippen LogP) is 2.14. The predicted molar refractivity (Wildman–Crippen MR) is 70.7 cm³/mol. The van der Waals surface area contributed by atoms with Crippen molar-refractivity contribution in [2.24, 2.45) is 0 Å². The lowest BCUT2D eigenvalue weighted by Crippen LogP contribution is -2.05. The number of nitrogens with one attached hydrogen (secondary N) is 1. The maximum absolute atomic E-state index is 11.0. The van der Waals surface area contributed by atoms with Gasteiger partial charge < -0.3 is 10.4 Å². The summed E-state index contributed by atoms with van der Waals surface area (Å²) in [4.78, 5) is 20.1. The van der Waals surface area contributed by atoms with Crippen LogP contribution in [-0.2, 0) is 11.4 Å². The summed E-state index contributed by atoms with van der Waals surface area (Å²) in [6.07, 6.45) is 3.41. The van der Waals surface area contributed by atoms with Crippen LogP contribution in [0.3, 0.4) is 0 Å². The first-order chi connectivity index (χ1) is 8.69. The van der Waals surface area contributed by atoms with Crippen LogP contribution in [0.15, 0.2) is 33.6 Å². The van der Waals surface area contributed by atoms with Crippen molar-refractivity contribution in [3.05, 3.63) is 30.2 Å². The van der Waals surface area contributed by atoms with Gasteiger partial charge in [-0.25, -0.2) is 4.98 Å². The van der Waals surface area contributed by atoms with Crippen LogP contribution >= 0.6 is 23.1 Å². The number of carbonyl (C=O) groups excluding carboxylic acids is 1. The van der Waals surface area contributed by atoms with Gasteiger partial charge in [0.25, 0.3) is 0 Å². The maximum atomic E-state index is 11.0. The van der Waals surface area contributed by atoms with Crippen LogP contribution in [0.4, 0.5) is 5.13 Å². The number of aliphatic hydroxyl groups is 1. The quantitative estimate of drug-likeness (QED) is 0.898. The van der Waals surface area contributed by atoms with E-state index in [1.54, 1.807) is 12.4 Å². The van der Waals surface area contributed by atoms with Crippen molar-refractivity contribution in [2.45, 2.75) is 22.6 Å². The fraction of sp³-hybridized carbons (Fsp3) is 0.182. The second-order valence-corrected chi connectivity index (χ2v) is 5.72. The Labute approximate surface area is 112 Å². The first-order valence-corrected chi connectivity index (χ1v) is 6.78. The average molecular weight is 281 g/mol. The minimum Gasteiger partial charge on any atom is -0.390 e. The van der Waals surface area contributed by atoms with Crippen LogP contribution in [-0.4, -0.2) is 21.0 Å². The molecule has 0 radical (unpaired) electrons. The molecule has 7 heteroatoms. The summed E-state index contributed by atoms with van der Waals surface area (Å²) in [5.41, 5.74) is 0.575. The zero-order chi connectivity index (χ0) is 13.0. The maximum Gasteiger partial charge on any atom is 0.223 e. The van der Waals surface area contributed by atoms with Gasteiger partial charge >= 0.3 is 0 Å². The number of carbonyl (C=O) groups is 1. The average Bonchev–Trinajstić information content (AvgIpc) is 2.71. The molecule has 0 spiro atoms. The number of aromatic nitrogens is 2. The van der Waals surface area contributed by atoms with E-state index >= 15 is 0 Å². The third-order valence-electron chi connectivity index (χ3n) is 1.95. The minimum atomic E-state index is -0.172. The van der Waals surface area contributed by atoms with Crippen molar-refractivity contribution < 1.29 is 9.90 Å². The summed E-state index contributed by atoms with van der Waals surface area (Å²) in [6, 6.07) is 3.76. The molecule has 0 aromatic carbocycles. The van der Waals surface area contributed by atoms with Gasteiger partial charge in [-0.1, -0.05) is 23.1 Å². The molecule has 0 aliphatic heterocycles. The highest BCUT2D eigenvalue weighted by molar-refractivity contribution is 8.01. The smallest absolute Gasteiger partial charge is 0.223 e. The standard InChI is InChI=1S/C11H11N3O2S2/c1-7(16)13-11-14-9(6-15)10(18-11)17-8-2-4-12-5-3-8/h2-5,15H,6H2,1H3,(H,13,14,16). The third-order valence-corrected chi connectivity index (χ3v) is 4.19. The lowest BCUT2D eigenvalue weighted by molar-refractivity contribution is -0.114. The number of hydrogen-bond acceptors (Lipinski definition) is 6. The molecule has 0 fully saturated rings. The monoisotopic (exact) mass is 281 g/mol. The van der Waals surface area contributed by atoms with Crippen molar-refractivity contribution in [1.82, 2.24) is 9.97 Å². The van der Waals surface area contributed by atoms with Gasteiger partial charge in [0.1, 0.15) is 0 Å². The Morgan fingerprint density at radius 2 is 2.22 bits per heavy atom. The van der Waals surface area contributed by atoms with Crippen molar-refractivity contribution >= 4 is 34.1 Å². The highest BCUT2D eigenvalue weighted by Crippen LogP contribution is 2.36. The van der Waals surface area contributed by atoms with Crippen LogP contribution in [0.1, 0.15) is 12.6 Å². The number of anilines is 1. The lowest BCUT2D eigenvalue weighted by atomic mass is 10.5. The summed E-state index contributed by atoms with van der Waals surface area (Å²) in [5, 5.41) is 12.4. The Morgan fingerprint density at radius 3 is 2.83 bits per heavy atom. The minimum absolute atomic E-state index is 0.149. The van der Waals surface area contributed by atoms with Crippen LogP contribution in [0.2, 0.25) is 0 Å². The summed E-state index contributed by atoms with van der Waals surface area (Å²) >= 11 is 2.84. The molecule has 2 rings (SSSR count). The topological polar surface area (TPSA) is 75.1 Å². The molecule has 0 aliphatic rings. The number of nitrogens with zero attached hydrogens (tertiary/aromatic N) is 2. The number of rotatable bonds is 4. The highest BCUT2D eigenvalue weighted by Gasteiger charge is 2.12. The van der Waals surface area contributed by atoms with Gasteiger partial charge in [-0.15, -0.1) is 0 Å². The fourth-order valence-corrected chi connectivity index (χ4v) is 3.38. The Morgan fingerprint density at radius 1 is 1.50 bits per heavy atom. The summed E-state index contributed by atoms with van der Waals surface area (Å²) in [5.74, 6) is -0.172. The molecule has 2 heterocycles. The number of thiazole rings is 1. The summed E-state index contributed by atoms with van der Waals surface area (Å²) in [6.45, 7) is 1.28. The molecule has 2 N–H and O–H groups in total. The first kappa shape index (κ1) is 13.0. The van der Waals surface area contributed by atoms with Crippen LogP contribution in [0, 0.1) is 0 Å². The van der Waals surface area contributed by atoms with Crippen LogP contribution in [0.25, 0.3) is 0 Å². The molecule has 0 aliphatic carbocycles. The van der Waals surface area contributed by atoms with E-state index in [4.69, 9.17) is 0 Å². The number of aliphatic hydroxyl groups excluding tert-OH is 1. The number of amides is 1. The van der Waals surface area contributed by atoms with Crippen molar-refractivity contribution in [3.8, 4) is 0 Å². The Bertz CT molecular complexity index is 542. The van der Waals surface area contributed by atoms with Gasteiger partial charge in [-0.2, -0.15) is 0 Å². The second kappa shape index (κ2) is 5.94. The summed E-state index contributed by atoms with van der Waals surface area (Å²) in [7, 11) is 0. The molecule has 0 bridgehead atoms. The summed E-state index contributed by atoms with van der Waals surface area (Å²) < 4.78 is 0.868. The van der Waals surface area contributed by atoms with Gasteiger partial charge in [-0.3, -0.25) is 9.78 Å². The molecule has 5 nitrogen and oxygen atoms in total. The van der Waals surface area contributed by atoms with Gasteiger partial charge in [-0.05, 0) is 12.1 Å². The van der Waals surface area contributed by atoms with E-state index in [0.717, 1.165) is 9.10 Å². The molecule has 0 unspecified atom stereocenters. The Kier molecular flexibility index (Phi) is 4.29. The van der Waals surface area contributed by atoms with E-state index in [1.165, 1.54) is 30.0 Å². The van der Waals surface area contributed by atoms with Crippen molar-refractivity contribution in [1.29, 1.82) is 0 Å². The molecule has 18 heavy (non-hydrogen) atoms.